The summed E-state index contributed by atoms with van der Waals surface area (Å²) in [6, 6.07) is 3.31. The first-order valence-electron chi connectivity index (χ1n) is 6.93. The predicted molar refractivity (Wildman–Crippen MR) is 86.2 cm³/mol. The van der Waals surface area contributed by atoms with Gasteiger partial charge in [-0.15, -0.1) is 12.4 Å². The topological polar surface area (TPSA) is 94.9 Å². The molecular formula is C14H21ClN4O2S. The van der Waals surface area contributed by atoms with Gasteiger partial charge in [0.15, 0.2) is 0 Å². The third-order valence-electron chi connectivity index (χ3n) is 3.96. The van der Waals surface area contributed by atoms with E-state index in [2.05, 4.69) is 28.9 Å². The first kappa shape index (κ1) is 18.8. The van der Waals surface area contributed by atoms with E-state index in [1.165, 1.54) is 18.5 Å². The van der Waals surface area contributed by atoms with E-state index < -0.39 is 10.0 Å². The van der Waals surface area contributed by atoms with Crippen molar-refractivity contribution in [2.24, 2.45) is 5.41 Å². The third-order valence-corrected chi connectivity index (χ3v) is 5.35. The summed E-state index contributed by atoms with van der Waals surface area (Å²) in [4.78, 5) is 3.81. The lowest BCUT2D eigenvalue weighted by Gasteiger charge is -2.39. The first-order valence-corrected chi connectivity index (χ1v) is 8.42. The Morgan fingerprint density at radius 3 is 2.86 bits per heavy atom. The lowest BCUT2D eigenvalue weighted by Crippen LogP contribution is -2.52. The van der Waals surface area contributed by atoms with Crippen LogP contribution in [-0.2, 0) is 10.0 Å². The number of sulfonamides is 1. The number of rotatable bonds is 4. The highest BCUT2D eigenvalue weighted by atomic mass is 35.5. The lowest BCUT2D eigenvalue weighted by molar-refractivity contribution is 0.181. The molecule has 0 spiro atoms. The van der Waals surface area contributed by atoms with Gasteiger partial charge in [0.1, 0.15) is 11.0 Å². The maximum atomic E-state index is 12.3. The molecule has 6 nitrogen and oxygen atoms in total. The van der Waals surface area contributed by atoms with Gasteiger partial charge in [-0.25, -0.2) is 13.1 Å². The SMILES string of the molecule is CC1(C)CCCNC1CNS(=O)(=O)c1cncc(C#N)c1.Cl. The number of nitrogens with one attached hydrogen (secondary N) is 2. The second-order valence-corrected chi connectivity index (χ2v) is 7.74. The van der Waals surface area contributed by atoms with Crippen molar-refractivity contribution in [1.82, 2.24) is 15.0 Å². The zero-order chi connectivity index (χ0) is 15.5. The molecule has 2 heterocycles. The Labute approximate surface area is 137 Å². The van der Waals surface area contributed by atoms with Crippen molar-refractivity contribution in [3.63, 3.8) is 0 Å². The normalized spacial score (nSPS) is 20.7. The average molecular weight is 345 g/mol. The third kappa shape index (κ3) is 4.40. The van der Waals surface area contributed by atoms with Crippen molar-refractivity contribution in [3.05, 3.63) is 24.0 Å². The summed E-state index contributed by atoms with van der Waals surface area (Å²) in [7, 11) is -3.65. The van der Waals surface area contributed by atoms with Gasteiger partial charge in [-0.3, -0.25) is 4.98 Å². The first-order chi connectivity index (χ1) is 9.85. The van der Waals surface area contributed by atoms with Crippen molar-refractivity contribution in [2.75, 3.05) is 13.1 Å². The molecule has 1 saturated heterocycles. The number of hydrogen-bond donors (Lipinski definition) is 2. The highest BCUT2D eigenvalue weighted by molar-refractivity contribution is 7.89. The Balaban J connectivity index is 0.00000242. The summed E-state index contributed by atoms with van der Waals surface area (Å²) in [5, 5.41) is 12.2. The molecule has 0 radical (unpaired) electrons. The molecule has 22 heavy (non-hydrogen) atoms. The van der Waals surface area contributed by atoms with Crippen LogP contribution in [0.1, 0.15) is 32.3 Å². The predicted octanol–water partition coefficient (Wildman–Crippen LogP) is 1.43. The molecule has 1 fully saturated rings. The molecule has 0 saturated carbocycles. The molecule has 1 unspecified atom stereocenters. The molecule has 0 amide bonds. The molecule has 0 aliphatic carbocycles. The van der Waals surface area contributed by atoms with Gasteiger partial charge in [0.2, 0.25) is 10.0 Å². The number of piperidine rings is 1. The van der Waals surface area contributed by atoms with Crippen LogP contribution in [0.4, 0.5) is 0 Å². The van der Waals surface area contributed by atoms with Crippen LogP contribution in [0.5, 0.6) is 0 Å². The molecule has 0 bridgehead atoms. The van der Waals surface area contributed by atoms with E-state index in [9.17, 15) is 8.42 Å². The molecule has 8 heteroatoms. The number of nitriles is 1. The molecule has 122 valence electrons. The highest BCUT2D eigenvalue weighted by Gasteiger charge is 2.32. The van der Waals surface area contributed by atoms with Gasteiger partial charge < -0.3 is 5.32 Å². The Hall–Kier alpha value is -1.20. The Kier molecular flexibility index (Phi) is 6.32. The molecule has 1 atom stereocenters. The average Bonchev–Trinajstić information content (AvgIpc) is 2.46. The highest BCUT2D eigenvalue weighted by Crippen LogP contribution is 2.29. The van der Waals surface area contributed by atoms with E-state index in [1.807, 2.05) is 6.07 Å². The smallest absolute Gasteiger partial charge is 0.242 e. The van der Waals surface area contributed by atoms with Crippen LogP contribution in [0.3, 0.4) is 0 Å². The van der Waals surface area contributed by atoms with E-state index >= 15 is 0 Å². The minimum atomic E-state index is -3.65. The van der Waals surface area contributed by atoms with E-state index in [-0.39, 0.29) is 34.3 Å². The largest absolute Gasteiger partial charge is 0.312 e. The van der Waals surface area contributed by atoms with Crippen LogP contribution < -0.4 is 10.0 Å². The number of hydrogen-bond acceptors (Lipinski definition) is 5. The zero-order valence-electron chi connectivity index (χ0n) is 12.7. The summed E-state index contributed by atoms with van der Waals surface area (Å²) in [5.74, 6) is 0. The zero-order valence-corrected chi connectivity index (χ0v) is 14.3. The van der Waals surface area contributed by atoms with E-state index in [4.69, 9.17) is 5.26 Å². The van der Waals surface area contributed by atoms with Crippen LogP contribution in [0.15, 0.2) is 23.4 Å². The Bertz CT molecular complexity index is 655. The Morgan fingerprint density at radius 1 is 1.50 bits per heavy atom. The van der Waals surface area contributed by atoms with Crippen LogP contribution >= 0.6 is 12.4 Å². The van der Waals surface area contributed by atoms with E-state index in [1.54, 1.807) is 0 Å². The van der Waals surface area contributed by atoms with Crippen molar-refractivity contribution in [2.45, 2.75) is 37.6 Å². The van der Waals surface area contributed by atoms with Crippen molar-refractivity contribution >= 4 is 22.4 Å². The monoisotopic (exact) mass is 344 g/mol. The molecule has 2 N–H and O–H groups in total. The van der Waals surface area contributed by atoms with Crippen LogP contribution in [0, 0.1) is 16.7 Å². The summed E-state index contributed by atoms with van der Waals surface area (Å²) >= 11 is 0. The lowest BCUT2D eigenvalue weighted by atomic mass is 9.78. The summed E-state index contributed by atoms with van der Waals surface area (Å²) in [5.41, 5.74) is 0.280. The van der Waals surface area contributed by atoms with Gasteiger partial charge in [0.25, 0.3) is 0 Å². The van der Waals surface area contributed by atoms with E-state index in [0.717, 1.165) is 19.4 Å². The number of nitrogens with zero attached hydrogens (tertiary/aromatic N) is 2. The summed E-state index contributed by atoms with van der Waals surface area (Å²) in [6.07, 6.45) is 4.76. The maximum Gasteiger partial charge on any atom is 0.242 e. The number of halogens is 1. The second-order valence-electron chi connectivity index (χ2n) is 5.97. The Morgan fingerprint density at radius 2 is 2.23 bits per heavy atom. The minimum Gasteiger partial charge on any atom is -0.312 e. The molecule has 0 aromatic carbocycles. The minimum absolute atomic E-state index is 0. The molecular weight excluding hydrogens is 324 g/mol. The maximum absolute atomic E-state index is 12.3. The quantitative estimate of drug-likeness (QED) is 0.861. The van der Waals surface area contributed by atoms with Crippen LogP contribution in [0.2, 0.25) is 0 Å². The molecule has 1 aromatic rings. The van der Waals surface area contributed by atoms with Crippen molar-refractivity contribution in [1.29, 1.82) is 5.26 Å². The van der Waals surface area contributed by atoms with Gasteiger partial charge >= 0.3 is 0 Å². The van der Waals surface area contributed by atoms with E-state index in [0.29, 0.717) is 6.54 Å². The fourth-order valence-electron chi connectivity index (χ4n) is 2.52. The van der Waals surface area contributed by atoms with Gasteiger partial charge in [-0.1, -0.05) is 13.8 Å². The fourth-order valence-corrected chi connectivity index (χ4v) is 3.56. The van der Waals surface area contributed by atoms with Gasteiger partial charge in [0, 0.05) is 25.0 Å². The van der Waals surface area contributed by atoms with Gasteiger partial charge in [-0.05, 0) is 30.9 Å². The van der Waals surface area contributed by atoms with Gasteiger partial charge in [-0.2, -0.15) is 5.26 Å². The molecule has 2 rings (SSSR count). The van der Waals surface area contributed by atoms with Gasteiger partial charge in [0.05, 0.1) is 5.56 Å². The summed E-state index contributed by atoms with van der Waals surface area (Å²) < 4.78 is 27.1. The standard InChI is InChI=1S/C14H20N4O2S.ClH/c1-14(2)4-3-5-17-13(14)10-18-21(19,20)12-6-11(7-15)8-16-9-12;/h6,8-9,13,17-18H,3-5,10H2,1-2H3;1H. The van der Waals surface area contributed by atoms with Crippen molar-refractivity contribution < 1.29 is 8.42 Å². The number of pyridine rings is 1. The van der Waals surface area contributed by atoms with Crippen molar-refractivity contribution in [3.8, 4) is 6.07 Å². The van der Waals surface area contributed by atoms with Crippen LogP contribution in [-0.4, -0.2) is 32.5 Å². The van der Waals surface area contributed by atoms with Crippen LogP contribution in [0.25, 0.3) is 0 Å². The number of aromatic nitrogens is 1. The summed E-state index contributed by atoms with van der Waals surface area (Å²) in [6.45, 7) is 5.50. The molecule has 1 aromatic heterocycles. The molecule has 1 aliphatic heterocycles. The molecule has 1 aliphatic rings. The fraction of sp³-hybridized carbons (Fsp3) is 0.571. The second kappa shape index (κ2) is 7.38.